The molecule has 0 aliphatic rings. The number of ether oxygens (including phenoxy) is 1. The summed E-state index contributed by atoms with van der Waals surface area (Å²) in [6.45, 7) is 0.218. The molecule has 0 unspecified atom stereocenters. The second-order valence-electron chi connectivity index (χ2n) is 5.62. The number of alkyl halides is 3. The van der Waals surface area contributed by atoms with Crippen LogP contribution in [-0.2, 0) is 17.5 Å². The summed E-state index contributed by atoms with van der Waals surface area (Å²) in [7, 11) is 1.55. The Morgan fingerprint density at radius 3 is 2.38 bits per heavy atom. The van der Waals surface area contributed by atoms with Crippen LogP contribution >= 0.6 is 11.6 Å². The van der Waals surface area contributed by atoms with Gasteiger partial charge in [0.15, 0.2) is 0 Å². The van der Waals surface area contributed by atoms with Crippen molar-refractivity contribution >= 4 is 17.5 Å². The lowest BCUT2D eigenvalue weighted by Crippen LogP contribution is -2.27. The Morgan fingerprint density at radius 1 is 1.15 bits per heavy atom. The van der Waals surface area contributed by atoms with E-state index in [2.05, 4.69) is 0 Å². The minimum absolute atomic E-state index is 0.0432. The smallest absolute Gasteiger partial charge is 0.416 e. The van der Waals surface area contributed by atoms with E-state index in [1.807, 2.05) is 0 Å². The van der Waals surface area contributed by atoms with Gasteiger partial charge < -0.3 is 9.64 Å². The molecule has 2 rings (SSSR count). The molecule has 0 N–H and O–H groups in total. The molecule has 0 saturated heterocycles. The average Bonchev–Trinajstić information content (AvgIpc) is 2.56. The van der Waals surface area contributed by atoms with Crippen LogP contribution in [-0.4, -0.2) is 24.5 Å². The Bertz CT molecular complexity index is 763. The second-order valence-corrected chi connectivity index (χ2v) is 6.02. The van der Waals surface area contributed by atoms with Crippen molar-refractivity contribution < 1.29 is 27.1 Å². The molecule has 0 aliphatic carbocycles. The van der Waals surface area contributed by atoms with Crippen LogP contribution in [0.25, 0.3) is 0 Å². The predicted octanol–water partition coefficient (Wildman–Crippen LogP) is 4.93. The number of hydrogen-bond donors (Lipinski definition) is 0. The molecule has 0 bridgehead atoms. The molecule has 26 heavy (non-hydrogen) atoms. The third kappa shape index (κ3) is 5.62. The van der Waals surface area contributed by atoms with Gasteiger partial charge in [0, 0.05) is 13.6 Å². The lowest BCUT2D eigenvalue weighted by molar-refractivity contribution is -0.137. The number of hydrogen-bond acceptors (Lipinski definition) is 2. The van der Waals surface area contributed by atoms with Gasteiger partial charge in [-0.3, -0.25) is 4.79 Å². The molecule has 0 heterocycles. The van der Waals surface area contributed by atoms with Crippen molar-refractivity contribution in [3.63, 3.8) is 0 Å². The van der Waals surface area contributed by atoms with Gasteiger partial charge in [-0.25, -0.2) is 4.39 Å². The van der Waals surface area contributed by atoms with E-state index in [-0.39, 0.29) is 36.3 Å². The van der Waals surface area contributed by atoms with Crippen LogP contribution in [0.15, 0.2) is 42.5 Å². The lowest BCUT2D eigenvalue weighted by atomic mass is 10.1. The molecule has 0 spiro atoms. The topological polar surface area (TPSA) is 29.5 Å². The SMILES string of the molecule is CN(Cc1ccc(C(F)(F)F)cc1)C(=O)CCOc1ccc(F)cc1Cl. The molecule has 1 amide bonds. The van der Waals surface area contributed by atoms with Crippen LogP contribution < -0.4 is 4.74 Å². The minimum atomic E-state index is -4.39. The van der Waals surface area contributed by atoms with Crippen LogP contribution in [0.2, 0.25) is 5.02 Å². The molecule has 3 nitrogen and oxygen atoms in total. The first-order chi connectivity index (χ1) is 12.2. The Hall–Kier alpha value is -2.28. The van der Waals surface area contributed by atoms with Gasteiger partial charge in [-0.2, -0.15) is 13.2 Å². The maximum absolute atomic E-state index is 12.9. The number of carbonyl (C=O) groups is 1. The van der Waals surface area contributed by atoms with Crippen LogP contribution in [0.5, 0.6) is 5.75 Å². The van der Waals surface area contributed by atoms with Crippen molar-refractivity contribution in [2.75, 3.05) is 13.7 Å². The number of benzene rings is 2. The quantitative estimate of drug-likeness (QED) is 0.656. The first kappa shape index (κ1) is 20.0. The molecule has 0 aliphatic heterocycles. The lowest BCUT2D eigenvalue weighted by Gasteiger charge is -2.18. The number of amides is 1. The second kappa shape index (κ2) is 8.40. The fourth-order valence-electron chi connectivity index (χ4n) is 2.19. The average molecular weight is 390 g/mol. The Kier molecular flexibility index (Phi) is 6.47. The molecule has 2 aromatic rings. The number of rotatable bonds is 6. The third-order valence-electron chi connectivity index (χ3n) is 3.59. The maximum Gasteiger partial charge on any atom is 0.416 e. The van der Waals surface area contributed by atoms with E-state index in [1.165, 1.54) is 29.2 Å². The van der Waals surface area contributed by atoms with Crippen molar-refractivity contribution in [3.05, 3.63) is 64.4 Å². The van der Waals surface area contributed by atoms with E-state index in [0.717, 1.165) is 18.2 Å². The fourth-order valence-corrected chi connectivity index (χ4v) is 2.41. The molecule has 8 heteroatoms. The van der Waals surface area contributed by atoms with E-state index in [1.54, 1.807) is 7.05 Å². The van der Waals surface area contributed by atoms with E-state index < -0.39 is 17.6 Å². The van der Waals surface area contributed by atoms with Crippen LogP contribution in [0, 0.1) is 5.82 Å². The van der Waals surface area contributed by atoms with Crippen molar-refractivity contribution in [1.29, 1.82) is 0 Å². The molecule has 140 valence electrons. The van der Waals surface area contributed by atoms with Crippen molar-refractivity contribution in [2.45, 2.75) is 19.1 Å². The first-order valence-electron chi connectivity index (χ1n) is 7.65. The molecular formula is C18H16ClF4NO2. The molecule has 0 atom stereocenters. The molecule has 0 fully saturated rings. The van der Waals surface area contributed by atoms with Crippen molar-refractivity contribution in [1.82, 2.24) is 4.90 Å². The van der Waals surface area contributed by atoms with Gasteiger partial charge in [-0.05, 0) is 35.9 Å². The highest BCUT2D eigenvalue weighted by Crippen LogP contribution is 2.29. The van der Waals surface area contributed by atoms with Gasteiger partial charge in [0.05, 0.1) is 23.6 Å². The largest absolute Gasteiger partial charge is 0.491 e. The summed E-state index contributed by atoms with van der Waals surface area (Å²) < 4.78 is 55.9. The van der Waals surface area contributed by atoms with Gasteiger partial charge in [-0.1, -0.05) is 23.7 Å². The molecule has 0 saturated carbocycles. The highest BCUT2D eigenvalue weighted by Gasteiger charge is 2.29. The summed E-state index contributed by atoms with van der Waals surface area (Å²) in [6.07, 6.45) is -4.34. The van der Waals surface area contributed by atoms with Crippen molar-refractivity contribution in [3.8, 4) is 5.75 Å². The standard InChI is InChI=1S/C18H16ClF4NO2/c1-24(11-12-2-4-13(5-3-12)18(21,22)23)17(25)8-9-26-16-7-6-14(20)10-15(16)19/h2-7,10H,8-9,11H2,1H3. The summed E-state index contributed by atoms with van der Waals surface area (Å²) in [5.74, 6) is -0.468. The predicted molar refractivity (Wildman–Crippen MR) is 89.4 cm³/mol. The Balaban J connectivity index is 1.83. The summed E-state index contributed by atoms with van der Waals surface area (Å²) in [5, 5.41) is 0.107. The summed E-state index contributed by atoms with van der Waals surface area (Å²) in [6, 6.07) is 8.30. The van der Waals surface area contributed by atoms with Crippen molar-refractivity contribution in [2.24, 2.45) is 0 Å². The molecule has 0 radical (unpaired) electrons. The van der Waals surface area contributed by atoms with Gasteiger partial charge >= 0.3 is 6.18 Å². The zero-order chi connectivity index (χ0) is 19.3. The minimum Gasteiger partial charge on any atom is -0.491 e. The van der Waals surface area contributed by atoms with E-state index >= 15 is 0 Å². The van der Waals surface area contributed by atoms with E-state index in [9.17, 15) is 22.4 Å². The summed E-state index contributed by atoms with van der Waals surface area (Å²) in [4.78, 5) is 13.5. The molecule has 2 aromatic carbocycles. The zero-order valence-electron chi connectivity index (χ0n) is 13.8. The summed E-state index contributed by atoms with van der Waals surface area (Å²) >= 11 is 5.82. The summed E-state index contributed by atoms with van der Waals surface area (Å²) in [5.41, 5.74) is -0.156. The van der Waals surface area contributed by atoms with Gasteiger partial charge in [0.25, 0.3) is 0 Å². The third-order valence-corrected chi connectivity index (χ3v) is 3.89. The zero-order valence-corrected chi connectivity index (χ0v) is 14.6. The Morgan fingerprint density at radius 2 is 1.81 bits per heavy atom. The fraction of sp³-hybridized carbons (Fsp3) is 0.278. The molecule has 0 aromatic heterocycles. The van der Waals surface area contributed by atoms with Crippen LogP contribution in [0.3, 0.4) is 0 Å². The number of nitrogens with zero attached hydrogens (tertiary/aromatic N) is 1. The van der Waals surface area contributed by atoms with Crippen LogP contribution in [0.4, 0.5) is 17.6 Å². The van der Waals surface area contributed by atoms with Gasteiger partial charge in [-0.15, -0.1) is 0 Å². The number of carbonyl (C=O) groups excluding carboxylic acids is 1. The first-order valence-corrected chi connectivity index (χ1v) is 8.02. The monoisotopic (exact) mass is 389 g/mol. The maximum atomic E-state index is 12.9. The Labute approximate surface area is 153 Å². The van der Waals surface area contributed by atoms with E-state index in [0.29, 0.717) is 5.56 Å². The van der Waals surface area contributed by atoms with Gasteiger partial charge in [0.1, 0.15) is 11.6 Å². The molecular weight excluding hydrogens is 374 g/mol. The normalized spacial score (nSPS) is 11.3. The van der Waals surface area contributed by atoms with Crippen LogP contribution in [0.1, 0.15) is 17.5 Å². The number of halogens is 5. The van der Waals surface area contributed by atoms with E-state index in [4.69, 9.17) is 16.3 Å². The highest BCUT2D eigenvalue weighted by atomic mass is 35.5. The highest BCUT2D eigenvalue weighted by molar-refractivity contribution is 6.32. The van der Waals surface area contributed by atoms with Gasteiger partial charge in [0.2, 0.25) is 5.91 Å².